The first-order valence-corrected chi connectivity index (χ1v) is 10.3. The Labute approximate surface area is 201 Å². The molecule has 1 heterocycles. The lowest BCUT2D eigenvalue weighted by atomic mass is 10.1. The average molecular weight is 542 g/mol. The number of ether oxygens (including phenoxy) is 2. The van der Waals surface area contributed by atoms with E-state index in [1.54, 1.807) is 32.4 Å². The second-order valence-corrected chi connectivity index (χ2v) is 7.50. The SMILES string of the molecule is CN=C(NCC1CCN(c2cccc(OC)c2)C1)NCC(C)Oc1ccccc1F.I. The second-order valence-electron chi connectivity index (χ2n) is 7.50. The summed E-state index contributed by atoms with van der Waals surface area (Å²) in [5.74, 6) is 2.04. The lowest BCUT2D eigenvalue weighted by molar-refractivity contribution is 0.214. The van der Waals surface area contributed by atoms with Gasteiger partial charge in [0.25, 0.3) is 0 Å². The first-order chi connectivity index (χ1) is 14.6. The van der Waals surface area contributed by atoms with Crippen molar-refractivity contribution in [3.05, 3.63) is 54.3 Å². The van der Waals surface area contributed by atoms with Crippen LogP contribution in [0.5, 0.6) is 11.5 Å². The molecule has 0 radical (unpaired) electrons. The van der Waals surface area contributed by atoms with Gasteiger partial charge in [0.1, 0.15) is 11.9 Å². The number of rotatable bonds is 8. The van der Waals surface area contributed by atoms with Gasteiger partial charge in [0, 0.05) is 38.4 Å². The molecule has 1 aliphatic rings. The Kier molecular flexibility index (Phi) is 10.2. The van der Waals surface area contributed by atoms with E-state index in [-0.39, 0.29) is 41.6 Å². The van der Waals surface area contributed by atoms with Crippen molar-refractivity contribution in [2.45, 2.75) is 19.4 Å². The molecule has 31 heavy (non-hydrogen) atoms. The Balaban J connectivity index is 0.00000341. The van der Waals surface area contributed by atoms with Crippen LogP contribution in [0, 0.1) is 11.7 Å². The van der Waals surface area contributed by atoms with Gasteiger partial charge in [-0.1, -0.05) is 18.2 Å². The molecule has 2 unspecified atom stereocenters. The van der Waals surface area contributed by atoms with Crippen molar-refractivity contribution in [2.24, 2.45) is 10.9 Å². The highest BCUT2D eigenvalue weighted by Gasteiger charge is 2.23. The van der Waals surface area contributed by atoms with Crippen molar-refractivity contribution in [1.29, 1.82) is 0 Å². The van der Waals surface area contributed by atoms with Crippen molar-refractivity contribution < 1.29 is 13.9 Å². The molecule has 0 aromatic heterocycles. The molecule has 2 aromatic rings. The third-order valence-electron chi connectivity index (χ3n) is 5.21. The number of nitrogens with zero attached hydrogens (tertiary/aromatic N) is 2. The van der Waals surface area contributed by atoms with Crippen LogP contribution in [-0.4, -0.2) is 52.4 Å². The van der Waals surface area contributed by atoms with E-state index in [2.05, 4.69) is 32.7 Å². The standard InChI is InChI=1S/C23H31FN4O2.HI/c1-17(30-22-10-5-4-9-21(22)24)14-26-23(25-2)27-15-18-11-12-28(16-18)19-7-6-8-20(13-19)29-3;/h4-10,13,17-18H,11-12,14-16H2,1-3H3,(H2,25,26,27);1H. The van der Waals surface area contributed by atoms with Gasteiger partial charge < -0.3 is 25.0 Å². The molecule has 1 saturated heterocycles. The Bertz CT molecular complexity index is 852. The number of para-hydroxylation sites is 1. The maximum Gasteiger partial charge on any atom is 0.191 e. The zero-order valence-electron chi connectivity index (χ0n) is 18.3. The van der Waals surface area contributed by atoms with Crippen LogP contribution in [-0.2, 0) is 0 Å². The Morgan fingerprint density at radius 2 is 2.03 bits per heavy atom. The molecule has 2 atom stereocenters. The van der Waals surface area contributed by atoms with E-state index in [1.807, 2.05) is 19.1 Å². The molecule has 1 aliphatic heterocycles. The minimum absolute atomic E-state index is 0. The van der Waals surface area contributed by atoms with Crippen LogP contribution in [0.4, 0.5) is 10.1 Å². The van der Waals surface area contributed by atoms with Crippen molar-refractivity contribution in [3.8, 4) is 11.5 Å². The van der Waals surface area contributed by atoms with E-state index in [4.69, 9.17) is 9.47 Å². The summed E-state index contributed by atoms with van der Waals surface area (Å²) >= 11 is 0. The van der Waals surface area contributed by atoms with Gasteiger partial charge in [0.15, 0.2) is 17.5 Å². The van der Waals surface area contributed by atoms with E-state index in [1.165, 1.54) is 11.8 Å². The van der Waals surface area contributed by atoms with Crippen LogP contribution >= 0.6 is 24.0 Å². The zero-order valence-corrected chi connectivity index (χ0v) is 20.6. The molecule has 6 nitrogen and oxygen atoms in total. The maximum atomic E-state index is 13.7. The zero-order chi connectivity index (χ0) is 21.3. The lowest BCUT2D eigenvalue weighted by Crippen LogP contribution is -2.43. The van der Waals surface area contributed by atoms with Crippen LogP contribution < -0.4 is 25.0 Å². The molecule has 2 aromatic carbocycles. The fraction of sp³-hybridized carbons (Fsp3) is 0.435. The summed E-state index contributed by atoms with van der Waals surface area (Å²) in [5.41, 5.74) is 1.19. The van der Waals surface area contributed by atoms with Crippen molar-refractivity contribution in [1.82, 2.24) is 10.6 Å². The molecule has 0 bridgehead atoms. The Morgan fingerprint density at radius 1 is 1.23 bits per heavy atom. The molecule has 0 amide bonds. The molecule has 3 rings (SSSR count). The smallest absolute Gasteiger partial charge is 0.191 e. The van der Waals surface area contributed by atoms with Crippen LogP contribution in [0.15, 0.2) is 53.5 Å². The number of hydrogen-bond acceptors (Lipinski definition) is 4. The summed E-state index contributed by atoms with van der Waals surface area (Å²) in [5, 5.41) is 6.65. The van der Waals surface area contributed by atoms with Gasteiger partial charge in [-0.25, -0.2) is 4.39 Å². The number of benzene rings is 2. The van der Waals surface area contributed by atoms with Crippen LogP contribution in [0.25, 0.3) is 0 Å². The van der Waals surface area contributed by atoms with Crippen LogP contribution in [0.3, 0.4) is 0 Å². The average Bonchev–Trinajstić information content (AvgIpc) is 3.24. The summed E-state index contributed by atoms with van der Waals surface area (Å²) in [6.45, 7) is 5.27. The van der Waals surface area contributed by atoms with Crippen LogP contribution in [0.2, 0.25) is 0 Å². The second kappa shape index (κ2) is 12.6. The number of anilines is 1. The number of methoxy groups -OCH3 is 1. The highest BCUT2D eigenvalue weighted by molar-refractivity contribution is 14.0. The third-order valence-corrected chi connectivity index (χ3v) is 5.21. The van der Waals surface area contributed by atoms with E-state index >= 15 is 0 Å². The number of nitrogens with one attached hydrogen (secondary N) is 2. The molecule has 0 spiro atoms. The van der Waals surface area contributed by atoms with E-state index in [0.717, 1.165) is 37.8 Å². The fourth-order valence-electron chi connectivity index (χ4n) is 3.54. The van der Waals surface area contributed by atoms with Crippen molar-refractivity contribution >= 4 is 35.6 Å². The third kappa shape index (κ3) is 7.45. The number of halogens is 2. The first-order valence-electron chi connectivity index (χ1n) is 10.3. The van der Waals surface area contributed by atoms with Gasteiger partial charge in [-0.05, 0) is 43.5 Å². The van der Waals surface area contributed by atoms with Gasteiger partial charge in [-0.2, -0.15) is 0 Å². The summed E-state index contributed by atoms with van der Waals surface area (Å²) in [4.78, 5) is 6.66. The van der Waals surface area contributed by atoms with Crippen molar-refractivity contribution in [3.63, 3.8) is 0 Å². The molecule has 1 fully saturated rings. The highest BCUT2D eigenvalue weighted by atomic mass is 127. The summed E-state index contributed by atoms with van der Waals surface area (Å²) in [7, 11) is 3.44. The largest absolute Gasteiger partial charge is 0.497 e. The number of hydrogen-bond donors (Lipinski definition) is 2. The van der Waals surface area contributed by atoms with Crippen molar-refractivity contribution in [2.75, 3.05) is 45.2 Å². The molecule has 2 N–H and O–H groups in total. The Hall–Kier alpha value is -2.23. The Morgan fingerprint density at radius 3 is 2.77 bits per heavy atom. The van der Waals surface area contributed by atoms with Gasteiger partial charge in [0.05, 0.1) is 13.7 Å². The first kappa shape index (κ1) is 25.0. The molecule has 0 aliphatic carbocycles. The molecule has 8 heteroatoms. The van der Waals surface area contributed by atoms with Gasteiger partial charge in [-0.15, -0.1) is 24.0 Å². The minimum Gasteiger partial charge on any atom is -0.497 e. The van der Waals surface area contributed by atoms with E-state index < -0.39 is 0 Å². The predicted molar refractivity (Wildman–Crippen MR) is 135 cm³/mol. The van der Waals surface area contributed by atoms with Gasteiger partial charge in [-0.3, -0.25) is 4.99 Å². The molecular weight excluding hydrogens is 510 g/mol. The molecular formula is C23H32FIN4O2. The van der Waals surface area contributed by atoms with Gasteiger partial charge >= 0.3 is 0 Å². The topological polar surface area (TPSA) is 58.1 Å². The van der Waals surface area contributed by atoms with Crippen LogP contribution in [0.1, 0.15) is 13.3 Å². The predicted octanol–water partition coefficient (Wildman–Crippen LogP) is 3.91. The fourth-order valence-corrected chi connectivity index (χ4v) is 3.54. The molecule has 0 saturated carbocycles. The number of aliphatic imine (C=N–C) groups is 1. The quantitative estimate of drug-likeness (QED) is 0.301. The minimum atomic E-state index is -0.353. The highest BCUT2D eigenvalue weighted by Crippen LogP contribution is 2.26. The normalized spacial score (nSPS) is 17.0. The van der Waals surface area contributed by atoms with Gasteiger partial charge in [0.2, 0.25) is 0 Å². The number of guanidine groups is 1. The molecule has 170 valence electrons. The van der Waals surface area contributed by atoms with E-state index in [9.17, 15) is 4.39 Å². The van der Waals surface area contributed by atoms with E-state index in [0.29, 0.717) is 12.5 Å². The monoisotopic (exact) mass is 542 g/mol. The maximum absolute atomic E-state index is 13.7. The summed E-state index contributed by atoms with van der Waals surface area (Å²) in [6, 6.07) is 14.6. The summed E-state index contributed by atoms with van der Waals surface area (Å²) in [6.07, 6.45) is 0.920. The lowest BCUT2D eigenvalue weighted by Gasteiger charge is -2.21. The summed E-state index contributed by atoms with van der Waals surface area (Å²) < 4.78 is 24.7.